The van der Waals surface area contributed by atoms with Gasteiger partial charge >= 0.3 is 0 Å². The average Bonchev–Trinajstić information content (AvgIpc) is 2.43. The minimum atomic E-state index is 0.194. The Kier molecular flexibility index (Phi) is 4.19. The van der Waals surface area contributed by atoms with Crippen molar-refractivity contribution in [3.63, 3.8) is 0 Å². The first kappa shape index (κ1) is 13.9. The minimum absolute atomic E-state index is 0.194. The van der Waals surface area contributed by atoms with Gasteiger partial charge in [0.15, 0.2) is 0 Å². The van der Waals surface area contributed by atoms with Gasteiger partial charge < -0.3 is 10.1 Å². The summed E-state index contributed by atoms with van der Waals surface area (Å²) in [5, 5.41) is 3.73. The molecule has 2 spiro atoms. The molecule has 19 heavy (non-hydrogen) atoms. The van der Waals surface area contributed by atoms with Crippen LogP contribution < -0.4 is 5.32 Å². The molecular weight excluding hydrogens is 234 g/mol. The molecule has 2 saturated carbocycles. The highest BCUT2D eigenvalue weighted by atomic mass is 16.5. The molecule has 1 aliphatic heterocycles. The predicted octanol–water partition coefficient (Wildman–Crippen LogP) is 4.04. The molecule has 2 nitrogen and oxygen atoms in total. The van der Waals surface area contributed by atoms with Crippen LogP contribution in [0.5, 0.6) is 0 Å². The molecule has 1 saturated heterocycles. The second kappa shape index (κ2) is 5.73. The van der Waals surface area contributed by atoms with Gasteiger partial charge in [0.25, 0.3) is 0 Å². The fraction of sp³-hybridized carbons (Fsp3) is 1.00. The number of morpholine rings is 1. The van der Waals surface area contributed by atoms with Gasteiger partial charge in [-0.1, -0.05) is 39.0 Å². The molecule has 3 fully saturated rings. The summed E-state index contributed by atoms with van der Waals surface area (Å²) in [7, 11) is 0. The van der Waals surface area contributed by atoms with E-state index in [-0.39, 0.29) is 11.2 Å². The van der Waals surface area contributed by atoms with Crippen LogP contribution in [0.25, 0.3) is 0 Å². The summed E-state index contributed by atoms with van der Waals surface area (Å²) in [6, 6.07) is 0. The van der Waals surface area contributed by atoms with Gasteiger partial charge in [-0.05, 0) is 44.4 Å². The van der Waals surface area contributed by atoms with Crippen LogP contribution in [-0.4, -0.2) is 24.3 Å². The van der Waals surface area contributed by atoms with Gasteiger partial charge in [0, 0.05) is 13.1 Å². The van der Waals surface area contributed by atoms with Crippen molar-refractivity contribution in [2.45, 2.75) is 88.8 Å². The fourth-order valence-corrected chi connectivity index (χ4v) is 4.70. The van der Waals surface area contributed by atoms with Crippen molar-refractivity contribution in [1.82, 2.24) is 5.32 Å². The lowest BCUT2D eigenvalue weighted by molar-refractivity contribution is -0.205. The van der Waals surface area contributed by atoms with E-state index < -0.39 is 0 Å². The van der Waals surface area contributed by atoms with Crippen LogP contribution in [0.4, 0.5) is 0 Å². The van der Waals surface area contributed by atoms with Gasteiger partial charge in [-0.3, -0.25) is 0 Å². The molecule has 3 aliphatic rings. The average molecular weight is 265 g/mol. The monoisotopic (exact) mass is 265 g/mol. The maximum Gasteiger partial charge on any atom is 0.0814 e. The first-order valence-corrected chi connectivity index (χ1v) is 8.67. The predicted molar refractivity (Wildman–Crippen MR) is 79.4 cm³/mol. The molecule has 110 valence electrons. The first-order chi connectivity index (χ1) is 9.26. The number of ether oxygens (including phenoxy) is 1. The highest BCUT2D eigenvalue weighted by Gasteiger charge is 2.47. The molecule has 0 aromatic carbocycles. The van der Waals surface area contributed by atoms with Gasteiger partial charge in [-0.25, -0.2) is 0 Å². The Morgan fingerprint density at radius 1 is 0.947 bits per heavy atom. The lowest BCUT2D eigenvalue weighted by Crippen LogP contribution is -2.61. The molecule has 2 aliphatic carbocycles. The second-order valence-corrected chi connectivity index (χ2v) is 7.36. The standard InChI is InChI=1S/C17H31NO/c1-2-6-15-7-11-17(12-8-15)14-18-13-16(19-17)9-4-3-5-10-16/h15,18H,2-14H2,1H3. The normalized spacial score (nSPS) is 38.7. The Morgan fingerprint density at radius 3 is 2.21 bits per heavy atom. The van der Waals surface area contributed by atoms with Gasteiger partial charge in [-0.15, -0.1) is 0 Å². The van der Waals surface area contributed by atoms with Crippen LogP contribution in [0.3, 0.4) is 0 Å². The summed E-state index contributed by atoms with van der Waals surface area (Å²) >= 11 is 0. The van der Waals surface area contributed by atoms with Crippen molar-refractivity contribution in [2.75, 3.05) is 13.1 Å². The summed E-state index contributed by atoms with van der Waals surface area (Å²) in [5.41, 5.74) is 0.397. The lowest BCUT2D eigenvalue weighted by Gasteiger charge is -2.52. The van der Waals surface area contributed by atoms with E-state index in [0.29, 0.717) is 0 Å². The van der Waals surface area contributed by atoms with Crippen LogP contribution in [0.2, 0.25) is 0 Å². The fourth-order valence-electron chi connectivity index (χ4n) is 4.70. The van der Waals surface area contributed by atoms with E-state index in [1.165, 1.54) is 70.6 Å². The van der Waals surface area contributed by atoms with E-state index in [0.717, 1.165) is 19.0 Å². The zero-order valence-corrected chi connectivity index (χ0v) is 12.7. The summed E-state index contributed by atoms with van der Waals surface area (Å²) in [6.45, 7) is 4.53. The first-order valence-electron chi connectivity index (χ1n) is 8.67. The zero-order valence-electron chi connectivity index (χ0n) is 12.7. The van der Waals surface area contributed by atoms with E-state index in [2.05, 4.69) is 12.2 Å². The number of hydrogen-bond acceptors (Lipinski definition) is 2. The van der Waals surface area contributed by atoms with E-state index in [4.69, 9.17) is 4.74 Å². The Balaban J connectivity index is 1.61. The van der Waals surface area contributed by atoms with Crippen LogP contribution in [0, 0.1) is 5.92 Å². The SMILES string of the molecule is CCCC1CCC2(CC1)CNCC1(CCCCC1)O2. The molecule has 0 amide bonds. The highest BCUT2D eigenvalue weighted by Crippen LogP contribution is 2.44. The molecular formula is C17H31NO. The summed E-state index contributed by atoms with van der Waals surface area (Å²) in [5.74, 6) is 0.975. The maximum absolute atomic E-state index is 6.81. The van der Waals surface area contributed by atoms with Crippen LogP contribution in [0.1, 0.15) is 77.6 Å². The van der Waals surface area contributed by atoms with Gasteiger partial charge in [0.2, 0.25) is 0 Å². The zero-order chi connectivity index (χ0) is 13.2. The number of rotatable bonds is 2. The Morgan fingerprint density at radius 2 is 1.58 bits per heavy atom. The molecule has 2 heteroatoms. The second-order valence-electron chi connectivity index (χ2n) is 7.36. The molecule has 1 heterocycles. The molecule has 0 atom stereocenters. The van der Waals surface area contributed by atoms with E-state index in [1.54, 1.807) is 0 Å². The summed E-state index contributed by atoms with van der Waals surface area (Å²) in [6.07, 6.45) is 14.9. The summed E-state index contributed by atoms with van der Waals surface area (Å²) in [4.78, 5) is 0. The summed E-state index contributed by atoms with van der Waals surface area (Å²) < 4.78 is 6.81. The Labute approximate surface area is 118 Å². The molecule has 0 aromatic rings. The molecule has 1 N–H and O–H groups in total. The molecule has 0 bridgehead atoms. The number of nitrogens with one attached hydrogen (secondary N) is 1. The van der Waals surface area contributed by atoms with E-state index in [9.17, 15) is 0 Å². The third-order valence-electron chi connectivity index (χ3n) is 5.81. The lowest BCUT2D eigenvalue weighted by atomic mass is 9.74. The molecule has 3 rings (SSSR count). The highest BCUT2D eigenvalue weighted by molar-refractivity contribution is 5.00. The largest absolute Gasteiger partial charge is 0.366 e. The van der Waals surface area contributed by atoms with Crippen molar-refractivity contribution in [1.29, 1.82) is 0 Å². The number of hydrogen-bond donors (Lipinski definition) is 1. The van der Waals surface area contributed by atoms with Crippen molar-refractivity contribution in [3.05, 3.63) is 0 Å². The van der Waals surface area contributed by atoms with Crippen LogP contribution in [-0.2, 0) is 4.74 Å². The maximum atomic E-state index is 6.81. The quantitative estimate of drug-likeness (QED) is 0.813. The van der Waals surface area contributed by atoms with Crippen LogP contribution in [0.15, 0.2) is 0 Å². The van der Waals surface area contributed by atoms with E-state index in [1.807, 2.05) is 0 Å². The van der Waals surface area contributed by atoms with Gasteiger partial charge in [0.1, 0.15) is 0 Å². The topological polar surface area (TPSA) is 21.3 Å². The van der Waals surface area contributed by atoms with Crippen molar-refractivity contribution in [2.24, 2.45) is 5.92 Å². The van der Waals surface area contributed by atoms with Crippen molar-refractivity contribution in [3.8, 4) is 0 Å². The van der Waals surface area contributed by atoms with Gasteiger partial charge in [0.05, 0.1) is 11.2 Å². The van der Waals surface area contributed by atoms with Crippen LogP contribution >= 0.6 is 0 Å². The van der Waals surface area contributed by atoms with E-state index >= 15 is 0 Å². The Bertz CT molecular complexity index is 282. The van der Waals surface area contributed by atoms with Gasteiger partial charge in [-0.2, -0.15) is 0 Å². The molecule has 0 unspecified atom stereocenters. The third-order valence-corrected chi connectivity index (χ3v) is 5.81. The van der Waals surface area contributed by atoms with Crippen molar-refractivity contribution < 1.29 is 4.74 Å². The Hall–Kier alpha value is -0.0800. The third kappa shape index (κ3) is 3.00. The molecule has 0 radical (unpaired) electrons. The van der Waals surface area contributed by atoms with Crippen molar-refractivity contribution >= 4 is 0 Å². The smallest absolute Gasteiger partial charge is 0.0814 e. The minimum Gasteiger partial charge on any atom is -0.366 e. The molecule has 0 aromatic heterocycles.